The minimum Gasteiger partial charge on any atom is -0.482 e. The van der Waals surface area contributed by atoms with Crippen molar-refractivity contribution < 1.29 is 14.3 Å². The molecule has 27 heavy (non-hydrogen) atoms. The highest BCUT2D eigenvalue weighted by atomic mass is 16.5. The van der Waals surface area contributed by atoms with E-state index in [4.69, 9.17) is 4.74 Å². The van der Waals surface area contributed by atoms with Gasteiger partial charge in [0.15, 0.2) is 6.61 Å². The lowest BCUT2D eigenvalue weighted by Crippen LogP contribution is -2.38. The van der Waals surface area contributed by atoms with Gasteiger partial charge in [-0.2, -0.15) is 0 Å². The predicted molar refractivity (Wildman–Crippen MR) is 106 cm³/mol. The number of amides is 2. The summed E-state index contributed by atoms with van der Waals surface area (Å²) in [5.74, 6) is 0.898. The minimum absolute atomic E-state index is 0.0303. The number of ether oxygens (including phenoxy) is 1. The first-order valence-corrected chi connectivity index (χ1v) is 9.29. The zero-order chi connectivity index (χ0) is 19.6. The van der Waals surface area contributed by atoms with Crippen molar-refractivity contribution >= 4 is 17.5 Å². The highest BCUT2D eigenvalue weighted by molar-refractivity contribution is 5.98. The number of benzene rings is 2. The normalized spacial score (nSPS) is 14.6. The Bertz CT molecular complexity index is 860. The van der Waals surface area contributed by atoms with Crippen LogP contribution in [-0.2, 0) is 11.3 Å². The molecule has 5 nitrogen and oxygen atoms in total. The number of aryl methyl sites for hydroxylation is 1. The SMILES string of the molecule is Cc1ccc2c(c1)OCC(=O)N2Cc1cccc(C(=O)NC(C)C(C)C)c1. The molecule has 0 aromatic heterocycles. The lowest BCUT2D eigenvalue weighted by Gasteiger charge is -2.29. The summed E-state index contributed by atoms with van der Waals surface area (Å²) in [4.78, 5) is 26.6. The van der Waals surface area contributed by atoms with Gasteiger partial charge in [0.2, 0.25) is 0 Å². The molecule has 1 unspecified atom stereocenters. The maximum absolute atomic E-state index is 12.5. The van der Waals surface area contributed by atoms with Gasteiger partial charge >= 0.3 is 0 Å². The Balaban J connectivity index is 1.81. The fourth-order valence-electron chi connectivity index (χ4n) is 2.94. The molecule has 0 saturated carbocycles. The molecule has 2 amide bonds. The summed E-state index contributed by atoms with van der Waals surface area (Å²) < 4.78 is 5.56. The standard InChI is InChI=1S/C22H26N2O3/c1-14(2)16(4)23-22(26)18-7-5-6-17(11-18)12-24-19-9-8-15(3)10-20(19)27-13-21(24)25/h5-11,14,16H,12-13H2,1-4H3,(H,23,26). The van der Waals surface area contributed by atoms with Crippen molar-refractivity contribution in [3.8, 4) is 5.75 Å². The summed E-state index contributed by atoms with van der Waals surface area (Å²) in [6.07, 6.45) is 0. The number of nitrogens with one attached hydrogen (secondary N) is 1. The summed E-state index contributed by atoms with van der Waals surface area (Å²) in [5.41, 5.74) is 3.35. The van der Waals surface area contributed by atoms with Gasteiger partial charge in [0, 0.05) is 11.6 Å². The molecule has 0 spiro atoms. The van der Waals surface area contributed by atoms with Crippen LogP contribution in [0.25, 0.3) is 0 Å². The number of hydrogen-bond donors (Lipinski definition) is 1. The third kappa shape index (κ3) is 4.30. The van der Waals surface area contributed by atoms with Crippen LogP contribution in [0.3, 0.4) is 0 Å². The number of anilines is 1. The highest BCUT2D eigenvalue weighted by Crippen LogP contribution is 2.33. The third-order valence-corrected chi connectivity index (χ3v) is 4.95. The van der Waals surface area contributed by atoms with Gasteiger partial charge < -0.3 is 15.0 Å². The molecule has 1 aliphatic heterocycles. The molecule has 1 aliphatic rings. The number of nitrogens with zero attached hydrogens (tertiary/aromatic N) is 1. The van der Waals surface area contributed by atoms with Crippen molar-refractivity contribution in [1.82, 2.24) is 5.32 Å². The first kappa shape index (κ1) is 19.0. The molecule has 0 fully saturated rings. The number of rotatable bonds is 5. The van der Waals surface area contributed by atoms with Crippen LogP contribution >= 0.6 is 0 Å². The van der Waals surface area contributed by atoms with E-state index >= 15 is 0 Å². The Morgan fingerprint density at radius 2 is 1.96 bits per heavy atom. The van der Waals surface area contributed by atoms with Gasteiger partial charge in [-0.1, -0.05) is 32.0 Å². The number of fused-ring (bicyclic) bond motifs is 1. The summed E-state index contributed by atoms with van der Waals surface area (Å²) in [6.45, 7) is 8.57. The summed E-state index contributed by atoms with van der Waals surface area (Å²) in [6, 6.07) is 13.3. The van der Waals surface area contributed by atoms with Gasteiger partial charge in [-0.05, 0) is 55.2 Å². The second-order valence-electron chi connectivity index (χ2n) is 7.45. The summed E-state index contributed by atoms with van der Waals surface area (Å²) in [5, 5.41) is 3.02. The molecule has 1 atom stereocenters. The number of hydrogen-bond acceptors (Lipinski definition) is 3. The lowest BCUT2D eigenvalue weighted by molar-refractivity contribution is -0.121. The zero-order valence-electron chi connectivity index (χ0n) is 16.3. The smallest absolute Gasteiger partial charge is 0.265 e. The topological polar surface area (TPSA) is 58.6 Å². The van der Waals surface area contributed by atoms with Gasteiger partial charge in [-0.25, -0.2) is 0 Å². The van der Waals surface area contributed by atoms with Crippen LogP contribution in [0.15, 0.2) is 42.5 Å². The molecule has 2 aromatic carbocycles. The van der Waals surface area contributed by atoms with Crippen molar-refractivity contribution in [3.05, 3.63) is 59.2 Å². The Kier molecular flexibility index (Phi) is 5.49. The van der Waals surface area contributed by atoms with E-state index in [1.54, 1.807) is 11.0 Å². The second-order valence-corrected chi connectivity index (χ2v) is 7.45. The highest BCUT2D eigenvalue weighted by Gasteiger charge is 2.25. The summed E-state index contributed by atoms with van der Waals surface area (Å²) in [7, 11) is 0. The monoisotopic (exact) mass is 366 g/mol. The van der Waals surface area contributed by atoms with Crippen LogP contribution in [0.1, 0.15) is 42.3 Å². The van der Waals surface area contributed by atoms with Crippen LogP contribution in [0.4, 0.5) is 5.69 Å². The van der Waals surface area contributed by atoms with Crippen molar-refractivity contribution in [3.63, 3.8) is 0 Å². The van der Waals surface area contributed by atoms with Gasteiger partial charge in [0.1, 0.15) is 5.75 Å². The van der Waals surface area contributed by atoms with Crippen LogP contribution in [0, 0.1) is 12.8 Å². The Labute approximate surface area is 160 Å². The molecule has 0 aliphatic carbocycles. The van der Waals surface area contributed by atoms with E-state index in [1.807, 2.05) is 50.2 Å². The van der Waals surface area contributed by atoms with Crippen molar-refractivity contribution in [2.24, 2.45) is 5.92 Å². The average molecular weight is 366 g/mol. The minimum atomic E-state index is -0.0950. The maximum Gasteiger partial charge on any atom is 0.265 e. The fraction of sp³-hybridized carbons (Fsp3) is 0.364. The quantitative estimate of drug-likeness (QED) is 0.878. The van der Waals surface area contributed by atoms with Crippen LogP contribution in [0.5, 0.6) is 5.75 Å². The first-order valence-electron chi connectivity index (χ1n) is 9.29. The van der Waals surface area contributed by atoms with E-state index in [-0.39, 0.29) is 24.5 Å². The lowest BCUT2D eigenvalue weighted by atomic mass is 10.0. The van der Waals surface area contributed by atoms with E-state index in [9.17, 15) is 9.59 Å². The zero-order valence-corrected chi connectivity index (χ0v) is 16.3. The van der Waals surface area contributed by atoms with Gasteiger partial charge in [0.25, 0.3) is 11.8 Å². The maximum atomic E-state index is 12.5. The van der Waals surface area contributed by atoms with Crippen LogP contribution < -0.4 is 15.0 Å². The van der Waals surface area contributed by atoms with E-state index < -0.39 is 0 Å². The molecular formula is C22H26N2O3. The second kappa shape index (κ2) is 7.82. The molecule has 0 radical (unpaired) electrons. The van der Waals surface area contributed by atoms with Gasteiger partial charge in [-0.3, -0.25) is 9.59 Å². The largest absolute Gasteiger partial charge is 0.482 e. The van der Waals surface area contributed by atoms with Crippen LogP contribution in [0.2, 0.25) is 0 Å². The molecule has 5 heteroatoms. The van der Waals surface area contributed by atoms with Crippen molar-refractivity contribution in [1.29, 1.82) is 0 Å². The van der Waals surface area contributed by atoms with E-state index in [0.29, 0.717) is 23.8 Å². The van der Waals surface area contributed by atoms with Crippen molar-refractivity contribution in [2.45, 2.75) is 40.3 Å². The van der Waals surface area contributed by atoms with E-state index in [0.717, 1.165) is 16.8 Å². The molecule has 1 heterocycles. The molecule has 0 bridgehead atoms. The Morgan fingerprint density at radius 3 is 2.70 bits per heavy atom. The third-order valence-electron chi connectivity index (χ3n) is 4.95. The van der Waals surface area contributed by atoms with E-state index in [2.05, 4.69) is 19.2 Å². The molecule has 3 rings (SSSR count). The Hall–Kier alpha value is -2.82. The number of carbonyl (C=O) groups is 2. The first-order chi connectivity index (χ1) is 12.8. The fourth-order valence-corrected chi connectivity index (χ4v) is 2.94. The molecular weight excluding hydrogens is 340 g/mol. The van der Waals surface area contributed by atoms with Crippen LogP contribution in [-0.4, -0.2) is 24.5 Å². The molecule has 142 valence electrons. The molecule has 0 saturated heterocycles. The van der Waals surface area contributed by atoms with Gasteiger partial charge in [-0.15, -0.1) is 0 Å². The van der Waals surface area contributed by atoms with Gasteiger partial charge in [0.05, 0.1) is 12.2 Å². The number of carbonyl (C=O) groups excluding carboxylic acids is 2. The average Bonchev–Trinajstić information content (AvgIpc) is 2.64. The Morgan fingerprint density at radius 1 is 1.19 bits per heavy atom. The molecule has 1 N–H and O–H groups in total. The van der Waals surface area contributed by atoms with E-state index in [1.165, 1.54) is 0 Å². The molecule has 2 aromatic rings. The summed E-state index contributed by atoms with van der Waals surface area (Å²) >= 11 is 0. The predicted octanol–water partition coefficient (Wildman–Crippen LogP) is 3.69. The van der Waals surface area contributed by atoms with Crippen molar-refractivity contribution in [2.75, 3.05) is 11.5 Å².